The molecule has 1 fully saturated rings. The largest absolute Gasteiger partial charge is 0.418 e. The summed E-state index contributed by atoms with van der Waals surface area (Å²) in [6.07, 6.45) is -4.50. The normalized spacial score (nSPS) is 20.6. The van der Waals surface area contributed by atoms with Crippen LogP contribution in [0.5, 0.6) is 0 Å². The van der Waals surface area contributed by atoms with E-state index in [9.17, 15) is 18.0 Å². The predicted molar refractivity (Wildman–Crippen MR) is 63.1 cm³/mol. The molecule has 1 saturated heterocycles. The SMILES string of the molecule is O=C1CC(Cl)CN1c1cc(Cl)ccc1C(F)(F)F. The van der Waals surface area contributed by atoms with E-state index in [-0.39, 0.29) is 23.7 Å². The van der Waals surface area contributed by atoms with Crippen LogP contribution in [0.2, 0.25) is 5.02 Å². The highest BCUT2D eigenvalue weighted by molar-refractivity contribution is 6.31. The summed E-state index contributed by atoms with van der Waals surface area (Å²) < 4.78 is 38.5. The molecule has 1 aliphatic rings. The Morgan fingerprint density at radius 3 is 2.50 bits per heavy atom. The van der Waals surface area contributed by atoms with Gasteiger partial charge >= 0.3 is 6.18 Å². The van der Waals surface area contributed by atoms with Crippen molar-refractivity contribution in [2.45, 2.75) is 18.0 Å². The van der Waals surface area contributed by atoms with Crippen molar-refractivity contribution in [3.8, 4) is 0 Å². The van der Waals surface area contributed by atoms with Crippen molar-refractivity contribution in [1.82, 2.24) is 0 Å². The van der Waals surface area contributed by atoms with Gasteiger partial charge in [-0.3, -0.25) is 4.79 Å². The average Bonchev–Trinajstić information content (AvgIpc) is 2.55. The maximum atomic E-state index is 12.8. The lowest BCUT2D eigenvalue weighted by atomic mass is 10.1. The van der Waals surface area contributed by atoms with Crippen LogP contribution in [-0.2, 0) is 11.0 Å². The number of rotatable bonds is 1. The molecule has 0 radical (unpaired) electrons. The molecule has 1 amide bonds. The lowest BCUT2D eigenvalue weighted by Gasteiger charge is -2.21. The molecular weight excluding hydrogens is 290 g/mol. The first kappa shape index (κ1) is 13.5. The van der Waals surface area contributed by atoms with Crippen LogP contribution in [0.3, 0.4) is 0 Å². The molecule has 1 aromatic carbocycles. The Hall–Kier alpha value is -0.940. The highest BCUT2D eigenvalue weighted by Crippen LogP contribution is 2.39. The van der Waals surface area contributed by atoms with Gasteiger partial charge in [0.05, 0.1) is 16.6 Å². The second-order valence-electron chi connectivity index (χ2n) is 3.96. The second kappa shape index (κ2) is 4.63. The molecule has 0 spiro atoms. The quantitative estimate of drug-likeness (QED) is 0.724. The number of anilines is 1. The predicted octanol–water partition coefficient (Wildman–Crippen LogP) is 3.70. The molecule has 2 rings (SSSR count). The van der Waals surface area contributed by atoms with E-state index < -0.39 is 23.0 Å². The van der Waals surface area contributed by atoms with E-state index in [0.717, 1.165) is 23.1 Å². The average molecular weight is 298 g/mol. The van der Waals surface area contributed by atoms with Gasteiger partial charge in [-0.15, -0.1) is 11.6 Å². The van der Waals surface area contributed by atoms with Crippen LogP contribution in [0, 0.1) is 0 Å². The summed E-state index contributed by atoms with van der Waals surface area (Å²) >= 11 is 11.5. The molecule has 0 bridgehead atoms. The summed E-state index contributed by atoms with van der Waals surface area (Å²) in [5, 5.41) is -0.332. The Morgan fingerprint density at radius 2 is 2.00 bits per heavy atom. The number of amides is 1. The number of nitrogens with zero attached hydrogens (tertiary/aromatic N) is 1. The van der Waals surface area contributed by atoms with Gasteiger partial charge in [-0.2, -0.15) is 13.2 Å². The van der Waals surface area contributed by atoms with Crippen molar-refractivity contribution in [3.63, 3.8) is 0 Å². The molecule has 98 valence electrons. The summed E-state index contributed by atoms with van der Waals surface area (Å²) in [5.41, 5.74) is -1.12. The van der Waals surface area contributed by atoms with Gasteiger partial charge in [0.25, 0.3) is 0 Å². The first-order valence-corrected chi connectivity index (χ1v) is 5.91. The molecule has 0 aromatic heterocycles. The van der Waals surface area contributed by atoms with E-state index in [1.807, 2.05) is 0 Å². The fourth-order valence-corrected chi connectivity index (χ4v) is 2.30. The number of carbonyl (C=O) groups excluding carboxylic acids is 1. The van der Waals surface area contributed by atoms with Crippen molar-refractivity contribution in [2.75, 3.05) is 11.4 Å². The molecule has 1 heterocycles. The van der Waals surface area contributed by atoms with E-state index in [0.29, 0.717) is 0 Å². The van der Waals surface area contributed by atoms with E-state index in [2.05, 4.69) is 0 Å². The van der Waals surface area contributed by atoms with Gasteiger partial charge in [-0.25, -0.2) is 0 Å². The van der Waals surface area contributed by atoms with Gasteiger partial charge < -0.3 is 4.90 Å². The zero-order chi connectivity index (χ0) is 13.5. The highest BCUT2D eigenvalue weighted by atomic mass is 35.5. The van der Waals surface area contributed by atoms with Crippen molar-refractivity contribution < 1.29 is 18.0 Å². The minimum absolute atomic E-state index is 0.0331. The van der Waals surface area contributed by atoms with Gasteiger partial charge in [-0.1, -0.05) is 11.6 Å². The van der Waals surface area contributed by atoms with Gasteiger partial charge in [0.15, 0.2) is 0 Å². The third-order valence-electron chi connectivity index (χ3n) is 2.63. The molecule has 18 heavy (non-hydrogen) atoms. The number of carbonyl (C=O) groups is 1. The molecule has 0 aliphatic carbocycles. The Morgan fingerprint density at radius 1 is 1.33 bits per heavy atom. The summed E-state index contributed by atoms with van der Waals surface area (Å²) in [4.78, 5) is 12.6. The zero-order valence-corrected chi connectivity index (χ0v) is 10.5. The number of alkyl halides is 4. The lowest BCUT2D eigenvalue weighted by Crippen LogP contribution is -2.27. The van der Waals surface area contributed by atoms with Crippen molar-refractivity contribution in [2.24, 2.45) is 0 Å². The maximum absolute atomic E-state index is 12.8. The molecule has 1 atom stereocenters. The van der Waals surface area contributed by atoms with Gasteiger partial charge in [-0.05, 0) is 18.2 Å². The summed E-state index contributed by atoms with van der Waals surface area (Å²) in [6, 6.07) is 3.15. The van der Waals surface area contributed by atoms with Crippen LogP contribution in [0.15, 0.2) is 18.2 Å². The standard InChI is InChI=1S/C11H8Cl2F3NO/c12-6-1-2-8(11(14,15)16)9(3-6)17-5-7(13)4-10(17)18/h1-3,7H,4-5H2. The minimum Gasteiger partial charge on any atom is -0.310 e. The van der Waals surface area contributed by atoms with Crippen molar-refractivity contribution in [3.05, 3.63) is 28.8 Å². The summed E-state index contributed by atoms with van der Waals surface area (Å²) in [7, 11) is 0. The van der Waals surface area contributed by atoms with E-state index in [1.54, 1.807) is 0 Å². The van der Waals surface area contributed by atoms with Crippen LogP contribution in [0.4, 0.5) is 18.9 Å². The fraction of sp³-hybridized carbons (Fsp3) is 0.364. The third kappa shape index (κ3) is 2.57. The molecule has 1 aromatic rings. The Labute approximate surface area is 111 Å². The summed E-state index contributed by atoms with van der Waals surface area (Å²) in [6.45, 7) is 0.0593. The summed E-state index contributed by atoms with van der Waals surface area (Å²) in [5.74, 6) is -0.428. The fourth-order valence-electron chi connectivity index (χ4n) is 1.86. The third-order valence-corrected chi connectivity index (χ3v) is 3.16. The van der Waals surface area contributed by atoms with Crippen LogP contribution in [0.25, 0.3) is 0 Å². The Bertz CT molecular complexity index is 490. The Balaban J connectivity index is 2.49. The van der Waals surface area contributed by atoms with Crippen LogP contribution in [-0.4, -0.2) is 17.8 Å². The van der Waals surface area contributed by atoms with Crippen LogP contribution < -0.4 is 4.90 Å². The number of hydrogen-bond donors (Lipinski definition) is 0. The van der Waals surface area contributed by atoms with Crippen molar-refractivity contribution >= 4 is 34.8 Å². The smallest absolute Gasteiger partial charge is 0.310 e. The lowest BCUT2D eigenvalue weighted by molar-refractivity contribution is -0.137. The van der Waals surface area contributed by atoms with Crippen molar-refractivity contribution in [1.29, 1.82) is 0 Å². The maximum Gasteiger partial charge on any atom is 0.418 e. The number of benzene rings is 1. The number of hydrogen-bond acceptors (Lipinski definition) is 1. The second-order valence-corrected chi connectivity index (χ2v) is 5.02. The molecule has 0 N–H and O–H groups in total. The monoisotopic (exact) mass is 297 g/mol. The minimum atomic E-state index is -4.54. The van der Waals surface area contributed by atoms with Crippen LogP contribution >= 0.6 is 23.2 Å². The topological polar surface area (TPSA) is 20.3 Å². The van der Waals surface area contributed by atoms with E-state index in [1.165, 1.54) is 0 Å². The van der Waals surface area contributed by atoms with E-state index >= 15 is 0 Å². The molecule has 2 nitrogen and oxygen atoms in total. The number of halogens is 5. The Kier molecular flexibility index (Phi) is 3.47. The molecule has 1 unspecified atom stereocenters. The van der Waals surface area contributed by atoms with Gasteiger partial charge in [0, 0.05) is 18.0 Å². The highest BCUT2D eigenvalue weighted by Gasteiger charge is 2.38. The zero-order valence-electron chi connectivity index (χ0n) is 8.97. The molecule has 1 aliphatic heterocycles. The van der Waals surface area contributed by atoms with Gasteiger partial charge in [0.1, 0.15) is 0 Å². The first-order chi connectivity index (χ1) is 8.29. The molecule has 0 saturated carbocycles. The van der Waals surface area contributed by atoms with Gasteiger partial charge in [0.2, 0.25) is 5.91 Å². The molecular formula is C11H8Cl2F3NO. The van der Waals surface area contributed by atoms with E-state index in [4.69, 9.17) is 23.2 Å². The molecule has 7 heteroatoms. The first-order valence-electron chi connectivity index (χ1n) is 5.10. The van der Waals surface area contributed by atoms with Crippen LogP contribution in [0.1, 0.15) is 12.0 Å².